The first kappa shape index (κ1) is 12.7. The molecule has 1 aromatic rings. The minimum Gasteiger partial charge on any atom is -0.312 e. The Morgan fingerprint density at radius 2 is 2.13 bits per heavy atom. The maximum absolute atomic E-state index is 4.13. The summed E-state index contributed by atoms with van der Waals surface area (Å²) in [7, 11) is 0. The van der Waals surface area contributed by atoms with E-state index in [1.807, 2.05) is 6.20 Å². The van der Waals surface area contributed by atoms with Crippen LogP contribution in [0.2, 0.25) is 0 Å². The second-order valence-electron chi connectivity index (χ2n) is 4.63. The van der Waals surface area contributed by atoms with Gasteiger partial charge < -0.3 is 5.32 Å². The minimum absolute atomic E-state index is 0.374. The highest BCUT2D eigenvalue weighted by molar-refractivity contribution is 9.10. The van der Waals surface area contributed by atoms with Crippen LogP contribution in [0.15, 0.2) is 22.9 Å². The predicted molar refractivity (Wildman–Crippen MR) is 67.7 cm³/mol. The number of halogens is 1. The van der Waals surface area contributed by atoms with Crippen molar-refractivity contribution in [3.63, 3.8) is 0 Å². The second kappa shape index (κ2) is 5.61. The van der Waals surface area contributed by atoms with Crippen molar-refractivity contribution in [1.29, 1.82) is 0 Å². The fraction of sp³-hybridized carbons (Fsp3) is 0.583. The third-order valence-corrected chi connectivity index (χ3v) is 3.08. The molecule has 2 nitrogen and oxygen atoms in total. The van der Waals surface area contributed by atoms with Crippen molar-refractivity contribution in [3.8, 4) is 0 Å². The van der Waals surface area contributed by atoms with Crippen molar-refractivity contribution in [2.75, 3.05) is 6.54 Å². The van der Waals surface area contributed by atoms with Crippen LogP contribution in [0.4, 0.5) is 0 Å². The minimum atomic E-state index is 0.374. The first-order chi connectivity index (χ1) is 7.03. The number of pyridine rings is 1. The molecule has 0 fully saturated rings. The number of hydrogen-bond acceptors (Lipinski definition) is 2. The standard InChI is InChI=1S/C12H19BrN2/c1-4-12(2,3)9-15-7-10-5-11(13)8-14-6-10/h5-6,8,15H,4,7,9H2,1-3H3. The Hall–Kier alpha value is -0.410. The molecule has 0 radical (unpaired) electrons. The normalized spacial score (nSPS) is 11.7. The maximum Gasteiger partial charge on any atom is 0.0410 e. The molecule has 15 heavy (non-hydrogen) atoms. The summed E-state index contributed by atoms with van der Waals surface area (Å²) >= 11 is 3.42. The molecule has 0 aliphatic heterocycles. The molecular weight excluding hydrogens is 252 g/mol. The van der Waals surface area contributed by atoms with Crippen molar-refractivity contribution in [1.82, 2.24) is 10.3 Å². The van der Waals surface area contributed by atoms with E-state index < -0.39 is 0 Å². The molecule has 0 amide bonds. The van der Waals surface area contributed by atoms with Gasteiger partial charge in [-0.05, 0) is 39.4 Å². The highest BCUT2D eigenvalue weighted by atomic mass is 79.9. The van der Waals surface area contributed by atoms with Gasteiger partial charge in [-0.1, -0.05) is 20.8 Å². The van der Waals surface area contributed by atoms with Crippen LogP contribution >= 0.6 is 15.9 Å². The van der Waals surface area contributed by atoms with Gasteiger partial charge in [0.05, 0.1) is 0 Å². The van der Waals surface area contributed by atoms with Gasteiger partial charge in [0, 0.05) is 30.0 Å². The quantitative estimate of drug-likeness (QED) is 0.888. The molecule has 1 aromatic heterocycles. The first-order valence-electron chi connectivity index (χ1n) is 5.33. The van der Waals surface area contributed by atoms with Crippen LogP contribution in [0.25, 0.3) is 0 Å². The SMILES string of the molecule is CCC(C)(C)CNCc1cncc(Br)c1. The molecule has 0 saturated carbocycles. The van der Waals surface area contributed by atoms with Gasteiger partial charge in [-0.25, -0.2) is 0 Å². The average molecular weight is 271 g/mol. The highest BCUT2D eigenvalue weighted by Crippen LogP contribution is 2.18. The Morgan fingerprint density at radius 1 is 1.40 bits per heavy atom. The summed E-state index contributed by atoms with van der Waals surface area (Å²) in [6.07, 6.45) is 4.90. The van der Waals surface area contributed by atoms with Crippen LogP contribution in [0.5, 0.6) is 0 Å². The first-order valence-corrected chi connectivity index (χ1v) is 6.13. The summed E-state index contributed by atoms with van der Waals surface area (Å²) in [5.74, 6) is 0. The molecule has 3 heteroatoms. The van der Waals surface area contributed by atoms with E-state index in [9.17, 15) is 0 Å². The zero-order valence-corrected chi connectivity index (χ0v) is 11.3. The smallest absolute Gasteiger partial charge is 0.0410 e. The molecule has 1 rings (SSSR count). The van der Waals surface area contributed by atoms with Gasteiger partial charge in [0.25, 0.3) is 0 Å². The van der Waals surface area contributed by atoms with Crippen LogP contribution in [0.3, 0.4) is 0 Å². The van der Waals surface area contributed by atoms with Crippen LogP contribution in [0.1, 0.15) is 32.8 Å². The van der Waals surface area contributed by atoms with Crippen molar-refractivity contribution in [2.45, 2.75) is 33.7 Å². The summed E-state index contributed by atoms with van der Waals surface area (Å²) in [5.41, 5.74) is 1.59. The van der Waals surface area contributed by atoms with Crippen LogP contribution < -0.4 is 5.32 Å². The van der Waals surface area contributed by atoms with E-state index in [2.05, 4.69) is 53.1 Å². The molecule has 0 aliphatic rings. The molecule has 0 aliphatic carbocycles. The Balaban J connectivity index is 2.38. The summed E-state index contributed by atoms with van der Waals surface area (Å²) in [6, 6.07) is 2.10. The van der Waals surface area contributed by atoms with Gasteiger partial charge in [0.1, 0.15) is 0 Å². The van der Waals surface area contributed by atoms with Crippen molar-refractivity contribution < 1.29 is 0 Å². The maximum atomic E-state index is 4.13. The highest BCUT2D eigenvalue weighted by Gasteiger charge is 2.13. The van der Waals surface area contributed by atoms with Gasteiger partial charge in [0.15, 0.2) is 0 Å². The number of rotatable bonds is 5. The Labute approximate surface area is 101 Å². The molecule has 1 N–H and O–H groups in total. The van der Waals surface area contributed by atoms with Crippen LogP contribution in [-0.4, -0.2) is 11.5 Å². The molecule has 0 saturated heterocycles. The zero-order chi connectivity index (χ0) is 11.3. The fourth-order valence-electron chi connectivity index (χ4n) is 1.22. The third kappa shape index (κ3) is 4.76. The fourth-order valence-corrected chi connectivity index (χ4v) is 1.64. The van der Waals surface area contributed by atoms with Crippen molar-refractivity contribution >= 4 is 15.9 Å². The zero-order valence-electron chi connectivity index (χ0n) is 9.68. The van der Waals surface area contributed by atoms with E-state index in [1.54, 1.807) is 6.20 Å². The summed E-state index contributed by atoms with van der Waals surface area (Å²) in [5, 5.41) is 3.46. The number of hydrogen-bond donors (Lipinski definition) is 1. The molecule has 1 heterocycles. The van der Waals surface area contributed by atoms with Gasteiger partial charge in [0.2, 0.25) is 0 Å². The lowest BCUT2D eigenvalue weighted by atomic mass is 9.90. The Morgan fingerprint density at radius 3 is 2.73 bits per heavy atom. The van der Waals surface area contributed by atoms with E-state index in [1.165, 1.54) is 12.0 Å². The van der Waals surface area contributed by atoms with Gasteiger partial charge >= 0.3 is 0 Å². The predicted octanol–water partition coefficient (Wildman–Crippen LogP) is 3.37. The monoisotopic (exact) mass is 270 g/mol. The number of aromatic nitrogens is 1. The third-order valence-electron chi connectivity index (χ3n) is 2.65. The van der Waals surface area contributed by atoms with E-state index >= 15 is 0 Å². The molecule has 0 spiro atoms. The molecular formula is C12H19BrN2. The lowest BCUT2D eigenvalue weighted by molar-refractivity contribution is 0.327. The van der Waals surface area contributed by atoms with E-state index in [4.69, 9.17) is 0 Å². The summed E-state index contributed by atoms with van der Waals surface area (Å²) in [6.45, 7) is 8.70. The van der Waals surface area contributed by atoms with Crippen molar-refractivity contribution in [2.24, 2.45) is 5.41 Å². The van der Waals surface area contributed by atoms with E-state index in [0.717, 1.165) is 17.6 Å². The second-order valence-corrected chi connectivity index (χ2v) is 5.55. The molecule has 0 atom stereocenters. The van der Waals surface area contributed by atoms with E-state index in [0.29, 0.717) is 5.41 Å². The Bertz CT molecular complexity index is 310. The lowest BCUT2D eigenvalue weighted by Gasteiger charge is -2.22. The molecule has 0 unspecified atom stereocenters. The van der Waals surface area contributed by atoms with E-state index in [-0.39, 0.29) is 0 Å². The van der Waals surface area contributed by atoms with Gasteiger partial charge in [-0.3, -0.25) is 4.98 Å². The number of nitrogens with zero attached hydrogens (tertiary/aromatic N) is 1. The molecule has 0 aromatic carbocycles. The lowest BCUT2D eigenvalue weighted by Crippen LogP contribution is -2.28. The Kier molecular flexibility index (Phi) is 4.74. The van der Waals surface area contributed by atoms with Crippen LogP contribution in [0, 0.1) is 5.41 Å². The number of nitrogens with one attached hydrogen (secondary N) is 1. The molecule has 0 bridgehead atoms. The van der Waals surface area contributed by atoms with Gasteiger partial charge in [-0.15, -0.1) is 0 Å². The summed E-state index contributed by atoms with van der Waals surface area (Å²) < 4.78 is 1.04. The largest absolute Gasteiger partial charge is 0.312 e. The van der Waals surface area contributed by atoms with Gasteiger partial charge in [-0.2, -0.15) is 0 Å². The average Bonchev–Trinajstić information content (AvgIpc) is 2.18. The van der Waals surface area contributed by atoms with Crippen molar-refractivity contribution in [3.05, 3.63) is 28.5 Å². The topological polar surface area (TPSA) is 24.9 Å². The molecule has 84 valence electrons. The van der Waals surface area contributed by atoms with Crippen LogP contribution in [-0.2, 0) is 6.54 Å². The summed E-state index contributed by atoms with van der Waals surface area (Å²) in [4.78, 5) is 4.13.